The molecule has 0 aromatic heterocycles. The number of nitrogens with zero attached hydrogens (tertiary/aromatic N) is 2. The van der Waals surface area contributed by atoms with E-state index in [1.54, 1.807) is 23.1 Å². The van der Waals surface area contributed by atoms with E-state index in [2.05, 4.69) is 10.2 Å². The van der Waals surface area contributed by atoms with E-state index in [0.717, 1.165) is 11.3 Å². The summed E-state index contributed by atoms with van der Waals surface area (Å²) in [4.78, 5) is 27.6. The summed E-state index contributed by atoms with van der Waals surface area (Å²) in [7, 11) is 0. The molecule has 1 saturated heterocycles. The van der Waals surface area contributed by atoms with Crippen LogP contribution in [0.3, 0.4) is 0 Å². The van der Waals surface area contributed by atoms with E-state index in [9.17, 15) is 19.1 Å². The molecule has 0 spiro atoms. The second-order valence-corrected chi connectivity index (χ2v) is 7.14. The molecule has 1 aliphatic heterocycles. The SMILES string of the molecule is C[C@@H](O)[C@H](NC(=O)N1CCN(c2ccc(-c3ccccc3F)cc2)CC1)C(=O)NO. The predicted molar refractivity (Wildman–Crippen MR) is 110 cm³/mol. The minimum atomic E-state index is -1.24. The van der Waals surface area contributed by atoms with Gasteiger partial charge in [-0.05, 0) is 30.7 Å². The molecule has 0 radical (unpaired) electrons. The summed E-state index contributed by atoms with van der Waals surface area (Å²) in [5, 5.41) is 20.8. The number of hydroxylamine groups is 1. The number of carbonyl (C=O) groups is 2. The molecule has 0 saturated carbocycles. The Bertz CT molecular complexity index is 883. The van der Waals surface area contributed by atoms with Crippen molar-refractivity contribution >= 4 is 17.6 Å². The van der Waals surface area contributed by atoms with E-state index in [0.29, 0.717) is 31.7 Å². The molecule has 0 unspecified atom stereocenters. The van der Waals surface area contributed by atoms with Gasteiger partial charge in [0, 0.05) is 37.4 Å². The maximum atomic E-state index is 14.0. The van der Waals surface area contributed by atoms with E-state index < -0.39 is 24.1 Å². The van der Waals surface area contributed by atoms with Crippen molar-refractivity contribution in [3.8, 4) is 11.1 Å². The van der Waals surface area contributed by atoms with Crippen molar-refractivity contribution < 1.29 is 24.3 Å². The first-order valence-corrected chi connectivity index (χ1v) is 9.68. The molecule has 2 aromatic carbocycles. The molecule has 0 bridgehead atoms. The van der Waals surface area contributed by atoms with Gasteiger partial charge in [-0.25, -0.2) is 14.7 Å². The minimum absolute atomic E-state index is 0.268. The number of aliphatic hydroxyl groups is 1. The van der Waals surface area contributed by atoms with Gasteiger partial charge in [0.2, 0.25) is 0 Å². The standard InChI is InChI=1S/C21H25FN4O4/c1-14(27)19(20(28)24-30)23-21(29)26-12-10-25(11-13-26)16-8-6-15(7-9-16)17-4-2-3-5-18(17)22/h2-9,14,19,27,30H,10-13H2,1H3,(H,23,29)(H,24,28)/t14-,19+/m1/s1. The zero-order valence-corrected chi connectivity index (χ0v) is 16.6. The number of anilines is 1. The van der Waals surface area contributed by atoms with E-state index in [4.69, 9.17) is 5.21 Å². The first-order valence-electron chi connectivity index (χ1n) is 9.68. The topological polar surface area (TPSA) is 105 Å². The van der Waals surface area contributed by atoms with Gasteiger partial charge >= 0.3 is 6.03 Å². The van der Waals surface area contributed by atoms with Crippen LogP contribution >= 0.6 is 0 Å². The highest BCUT2D eigenvalue weighted by atomic mass is 19.1. The molecule has 1 heterocycles. The van der Waals surface area contributed by atoms with Crippen LogP contribution in [0, 0.1) is 5.82 Å². The molecular formula is C21H25FN4O4. The summed E-state index contributed by atoms with van der Waals surface area (Å²) >= 11 is 0. The number of nitrogens with one attached hydrogen (secondary N) is 2. The number of rotatable bonds is 5. The van der Waals surface area contributed by atoms with Crippen molar-refractivity contribution in [2.24, 2.45) is 0 Å². The first kappa shape index (κ1) is 21.5. The third kappa shape index (κ3) is 4.87. The quantitative estimate of drug-likeness (QED) is 0.438. The molecule has 3 amide bonds. The Morgan fingerprint density at radius 1 is 1.03 bits per heavy atom. The number of carbonyl (C=O) groups excluding carboxylic acids is 2. The fourth-order valence-electron chi connectivity index (χ4n) is 3.41. The molecule has 30 heavy (non-hydrogen) atoms. The molecule has 2 aromatic rings. The van der Waals surface area contributed by atoms with Gasteiger partial charge < -0.3 is 20.2 Å². The summed E-state index contributed by atoms with van der Waals surface area (Å²) in [6.45, 7) is 3.36. The van der Waals surface area contributed by atoms with Gasteiger partial charge in [-0.3, -0.25) is 10.0 Å². The fraction of sp³-hybridized carbons (Fsp3) is 0.333. The Kier molecular flexibility index (Phi) is 6.86. The van der Waals surface area contributed by atoms with Crippen LogP contribution in [-0.4, -0.2) is 65.5 Å². The molecule has 4 N–H and O–H groups in total. The monoisotopic (exact) mass is 416 g/mol. The number of amides is 3. The summed E-state index contributed by atoms with van der Waals surface area (Å²) in [5.41, 5.74) is 3.75. The van der Waals surface area contributed by atoms with E-state index in [1.807, 2.05) is 24.3 Å². The van der Waals surface area contributed by atoms with Crippen molar-refractivity contribution in [1.82, 2.24) is 15.7 Å². The van der Waals surface area contributed by atoms with Crippen LogP contribution in [0.2, 0.25) is 0 Å². The Morgan fingerprint density at radius 2 is 1.67 bits per heavy atom. The van der Waals surface area contributed by atoms with Crippen LogP contribution in [0.15, 0.2) is 48.5 Å². The molecule has 1 aliphatic rings. The lowest BCUT2D eigenvalue weighted by molar-refractivity contribution is -0.133. The van der Waals surface area contributed by atoms with Crippen LogP contribution in [0.4, 0.5) is 14.9 Å². The van der Waals surface area contributed by atoms with E-state index in [-0.39, 0.29) is 5.82 Å². The highest BCUT2D eigenvalue weighted by molar-refractivity contribution is 5.87. The fourth-order valence-corrected chi connectivity index (χ4v) is 3.41. The third-order valence-corrected chi connectivity index (χ3v) is 5.14. The Balaban J connectivity index is 1.58. The second kappa shape index (κ2) is 9.55. The van der Waals surface area contributed by atoms with Crippen LogP contribution in [0.5, 0.6) is 0 Å². The van der Waals surface area contributed by atoms with Gasteiger partial charge in [-0.15, -0.1) is 0 Å². The molecular weight excluding hydrogens is 391 g/mol. The summed E-state index contributed by atoms with van der Waals surface area (Å²) in [6.07, 6.45) is -1.16. The number of hydrogen-bond acceptors (Lipinski definition) is 5. The number of halogens is 1. The Hall–Kier alpha value is -3.17. The largest absolute Gasteiger partial charge is 0.391 e. The maximum absolute atomic E-state index is 14.0. The normalized spacial score (nSPS) is 16.0. The molecule has 160 valence electrons. The summed E-state index contributed by atoms with van der Waals surface area (Å²) in [6, 6.07) is 12.5. The number of piperazine rings is 1. The highest BCUT2D eigenvalue weighted by Gasteiger charge is 2.29. The van der Waals surface area contributed by atoms with E-state index in [1.165, 1.54) is 18.5 Å². The van der Waals surface area contributed by atoms with Crippen molar-refractivity contribution in [2.75, 3.05) is 31.1 Å². The van der Waals surface area contributed by atoms with Crippen LogP contribution in [-0.2, 0) is 4.79 Å². The van der Waals surface area contributed by atoms with Crippen LogP contribution in [0.25, 0.3) is 11.1 Å². The Morgan fingerprint density at radius 3 is 2.23 bits per heavy atom. The predicted octanol–water partition coefficient (Wildman–Crippen LogP) is 1.58. The number of hydrogen-bond donors (Lipinski definition) is 4. The van der Waals surface area contributed by atoms with Crippen molar-refractivity contribution in [2.45, 2.75) is 19.1 Å². The number of urea groups is 1. The van der Waals surface area contributed by atoms with Crippen LogP contribution < -0.4 is 15.7 Å². The highest BCUT2D eigenvalue weighted by Crippen LogP contribution is 2.26. The average Bonchev–Trinajstić information content (AvgIpc) is 2.77. The molecule has 9 heteroatoms. The van der Waals surface area contributed by atoms with Crippen molar-refractivity contribution in [3.05, 3.63) is 54.3 Å². The number of aliphatic hydroxyl groups excluding tert-OH is 1. The van der Waals surface area contributed by atoms with Gasteiger partial charge in [0.15, 0.2) is 0 Å². The van der Waals surface area contributed by atoms with Gasteiger partial charge in [0.1, 0.15) is 11.9 Å². The zero-order valence-electron chi connectivity index (χ0n) is 16.6. The van der Waals surface area contributed by atoms with Crippen molar-refractivity contribution in [3.63, 3.8) is 0 Å². The minimum Gasteiger partial charge on any atom is -0.391 e. The molecule has 8 nitrogen and oxygen atoms in total. The van der Waals surface area contributed by atoms with Crippen molar-refractivity contribution in [1.29, 1.82) is 0 Å². The third-order valence-electron chi connectivity index (χ3n) is 5.14. The average molecular weight is 416 g/mol. The van der Waals surface area contributed by atoms with Crippen LogP contribution in [0.1, 0.15) is 6.92 Å². The molecule has 3 rings (SSSR count). The second-order valence-electron chi connectivity index (χ2n) is 7.14. The van der Waals surface area contributed by atoms with Gasteiger partial charge in [-0.1, -0.05) is 30.3 Å². The molecule has 0 aliphatic carbocycles. The van der Waals surface area contributed by atoms with E-state index >= 15 is 0 Å². The summed E-state index contributed by atoms with van der Waals surface area (Å²) in [5.74, 6) is -1.15. The number of benzene rings is 2. The lowest BCUT2D eigenvalue weighted by Crippen LogP contribution is -2.58. The molecule has 2 atom stereocenters. The Labute approximate surface area is 173 Å². The maximum Gasteiger partial charge on any atom is 0.318 e. The van der Waals surface area contributed by atoms with Gasteiger partial charge in [-0.2, -0.15) is 0 Å². The van der Waals surface area contributed by atoms with Gasteiger partial charge in [0.05, 0.1) is 6.10 Å². The lowest BCUT2D eigenvalue weighted by atomic mass is 10.0. The first-order chi connectivity index (χ1) is 14.4. The molecule has 1 fully saturated rings. The lowest BCUT2D eigenvalue weighted by Gasteiger charge is -2.36. The summed E-state index contributed by atoms with van der Waals surface area (Å²) < 4.78 is 14.0. The zero-order chi connectivity index (χ0) is 21.7. The van der Waals surface area contributed by atoms with Gasteiger partial charge in [0.25, 0.3) is 5.91 Å². The smallest absolute Gasteiger partial charge is 0.318 e.